The van der Waals surface area contributed by atoms with E-state index >= 15 is 0 Å². The van der Waals surface area contributed by atoms with E-state index in [0.717, 1.165) is 48.0 Å². The molecule has 2 N–H and O–H groups in total. The van der Waals surface area contributed by atoms with Crippen LogP contribution in [0.1, 0.15) is 46.3 Å². The average molecular weight is 502 g/mol. The van der Waals surface area contributed by atoms with Crippen molar-refractivity contribution in [2.45, 2.75) is 51.8 Å². The zero-order chi connectivity index (χ0) is 25.8. The maximum absolute atomic E-state index is 12.2. The fourth-order valence-corrected chi connectivity index (χ4v) is 4.15. The molecule has 1 amide bonds. The molecule has 4 aromatic rings. The van der Waals surface area contributed by atoms with Gasteiger partial charge in [-0.2, -0.15) is 5.10 Å². The Balaban J connectivity index is 1.39. The molecular weight excluding hydrogens is 470 g/mol. The first-order valence-corrected chi connectivity index (χ1v) is 12.4. The summed E-state index contributed by atoms with van der Waals surface area (Å²) in [4.78, 5) is 26.0. The maximum atomic E-state index is 12.2. The normalized spacial score (nSPS) is 15.9. The molecule has 1 aliphatic rings. The van der Waals surface area contributed by atoms with E-state index in [2.05, 4.69) is 20.7 Å². The number of carbonyl (C=O) groups excluding carboxylic acids is 1. The Hall–Kier alpha value is -4.05. The van der Waals surface area contributed by atoms with Crippen molar-refractivity contribution < 1.29 is 14.3 Å². The van der Waals surface area contributed by atoms with Crippen molar-refractivity contribution in [2.24, 2.45) is 0 Å². The second-order valence-electron chi connectivity index (χ2n) is 10.1. The van der Waals surface area contributed by atoms with Gasteiger partial charge in [0.2, 0.25) is 0 Å². The van der Waals surface area contributed by atoms with Gasteiger partial charge in [-0.05, 0) is 58.2 Å². The average Bonchev–Trinajstić information content (AvgIpc) is 3.36. The van der Waals surface area contributed by atoms with E-state index in [0.29, 0.717) is 17.4 Å². The van der Waals surface area contributed by atoms with Gasteiger partial charge in [0, 0.05) is 30.1 Å². The molecule has 1 unspecified atom stereocenters. The predicted octanol–water partition coefficient (Wildman–Crippen LogP) is 4.62. The van der Waals surface area contributed by atoms with Gasteiger partial charge in [-0.3, -0.25) is 9.78 Å². The minimum absolute atomic E-state index is 0.0445. The third kappa shape index (κ3) is 6.21. The molecule has 10 nitrogen and oxygen atoms in total. The summed E-state index contributed by atoms with van der Waals surface area (Å²) in [6.07, 6.45) is 10.2. The molecule has 4 heterocycles. The quantitative estimate of drug-likeness (QED) is 0.377. The number of pyridine rings is 1. The largest absolute Gasteiger partial charge is 0.484 e. The van der Waals surface area contributed by atoms with E-state index in [4.69, 9.17) is 19.4 Å². The van der Waals surface area contributed by atoms with Gasteiger partial charge in [0.05, 0.1) is 29.0 Å². The van der Waals surface area contributed by atoms with E-state index < -0.39 is 0 Å². The smallest absolute Gasteiger partial charge is 0.258 e. The molecule has 5 rings (SSSR count). The van der Waals surface area contributed by atoms with Gasteiger partial charge < -0.3 is 20.1 Å². The van der Waals surface area contributed by atoms with Crippen LogP contribution in [0.3, 0.4) is 0 Å². The Labute approximate surface area is 215 Å². The molecule has 0 radical (unpaired) electrons. The molecule has 10 heteroatoms. The minimum Gasteiger partial charge on any atom is -0.484 e. The highest BCUT2D eigenvalue weighted by Gasteiger charge is 2.18. The molecule has 0 saturated carbocycles. The molecule has 1 aromatic carbocycles. The maximum Gasteiger partial charge on any atom is 0.258 e. The molecule has 1 saturated heterocycles. The number of nitrogens with zero attached hydrogens (tertiary/aromatic N) is 5. The number of anilines is 2. The summed E-state index contributed by atoms with van der Waals surface area (Å²) >= 11 is 0. The van der Waals surface area contributed by atoms with E-state index in [-0.39, 0.29) is 24.3 Å². The van der Waals surface area contributed by atoms with Crippen molar-refractivity contribution in [1.82, 2.24) is 30.0 Å². The van der Waals surface area contributed by atoms with Crippen LogP contribution in [0.4, 0.5) is 11.5 Å². The van der Waals surface area contributed by atoms with Crippen molar-refractivity contribution in [2.75, 3.05) is 18.5 Å². The third-order valence-electron chi connectivity index (χ3n) is 5.79. The number of carbonyl (C=O) groups is 1. The number of benzene rings is 1. The first-order chi connectivity index (χ1) is 17.8. The summed E-state index contributed by atoms with van der Waals surface area (Å²) in [7, 11) is 0. The van der Waals surface area contributed by atoms with Gasteiger partial charge in [-0.1, -0.05) is 12.1 Å². The molecule has 1 atom stereocenters. The lowest BCUT2D eigenvalue weighted by molar-refractivity contribution is -0.124. The zero-order valence-electron chi connectivity index (χ0n) is 21.3. The Bertz CT molecular complexity index is 1390. The molecule has 0 spiro atoms. The van der Waals surface area contributed by atoms with E-state index in [1.54, 1.807) is 24.7 Å². The van der Waals surface area contributed by atoms with Crippen LogP contribution < -0.4 is 15.4 Å². The van der Waals surface area contributed by atoms with Gasteiger partial charge in [-0.25, -0.2) is 14.6 Å². The van der Waals surface area contributed by atoms with Gasteiger partial charge >= 0.3 is 0 Å². The van der Waals surface area contributed by atoms with Gasteiger partial charge in [-0.15, -0.1) is 0 Å². The van der Waals surface area contributed by atoms with Crippen molar-refractivity contribution in [3.8, 4) is 17.1 Å². The third-order valence-corrected chi connectivity index (χ3v) is 5.79. The molecule has 0 aliphatic carbocycles. The topological polar surface area (TPSA) is 116 Å². The summed E-state index contributed by atoms with van der Waals surface area (Å²) < 4.78 is 13.4. The standard InChI is InChI=1S/C27H31N7O3/c1-27(2,3)33-23(35)17-37-20-8-6-7-18(13-20)25-31-22-10-11-28-15-21(22)26(32-25)30-19-14-29-34(16-19)24-9-4-5-12-36-24/h6-8,10-11,13-16,24H,4-5,9,12,17H2,1-3H3,(H,33,35)(H,30,31,32). The molecule has 1 fully saturated rings. The Morgan fingerprint density at radius 1 is 1.19 bits per heavy atom. The first-order valence-electron chi connectivity index (χ1n) is 12.4. The molecule has 3 aromatic heterocycles. The Morgan fingerprint density at radius 3 is 2.89 bits per heavy atom. The van der Waals surface area contributed by atoms with Crippen LogP contribution in [0.5, 0.6) is 5.75 Å². The van der Waals surface area contributed by atoms with Crippen LogP contribution in [0.25, 0.3) is 22.3 Å². The van der Waals surface area contributed by atoms with Gasteiger partial charge in [0.1, 0.15) is 17.8 Å². The minimum atomic E-state index is -0.320. The van der Waals surface area contributed by atoms with Crippen molar-refractivity contribution in [3.63, 3.8) is 0 Å². The van der Waals surface area contributed by atoms with Crippen LogP contribution in [-0.4, -0.2) is 49.4 Å². The van der Waals surface area contributed by atoms with Crippen LogP contribution in [0.2, 0.25) is 0 Å². The predicted molar refractivity (Wildman–Crippen MR) is 141 cm³/mol. The van der Waals surface area contributed by atoms with Crippen molar-refractivity contribution >= 4 is 28.3 Å². The van der Waals surface area contributed by atoms with Gasteiger partial charge in [0.25, 0.3) is 5.91 Å². The Morgan fingerprint density at radius 2 is 2.08 bits per heavy atom. The van der Waals surface area contributed by atoms with Crippen LogP contribution in [0.15, 0.2) is 55.1 Å². The van der Waals surface area contributed by atoms with Gasteiger partial charge in [0.15, 0.2) is 12.4 Å². The number of ether oxygens (including phenoxy) is 2. The fraction of sp³-hybridized carbons (Fsp3) is 0.370. The molecular formula is C27H31N7O3. The highest BCUT2D eigenvalue weighted by Crippen LogP contribution is 2.29. The molecule has 37 heavy (non-hydrogen) atoms. The number of hydrogen-bond acceptors (Lipinski definition) is 8. The SMILES string of the molecule is CC(C)(C)NC(=O)COc1cccc(-c2nc(Nc3cnn(C4CCCCO4)c3)c3cnccc3n2)c1. The number of fused-ring (bicyclic) bond motifs is 1. The summed E-state index contributed by atoms with van der Waals surface area (Å²) in [5.41, 5.74) is 1.99. The number of aromatic nitrogens is 5. The summed E-state index contributed by atoms with van der Waals surface area (Å²) in [6.45, 7) is 6.46. The van der Waals surface area contributed by atoms with E-state index in [1.165, 1.54) is 0 Å². The van der Waals surface area contributed by atoms with E-state index in [9.17, 15) is 4.79 Å². The number of rotatable bonds is 7. The highest BCUT2D eigenvalue weighted by molar-refractivity contribution is 5.91. The lowest BCUT2D eigenvalue weighted by Crippen LogP contribution is -2.43. The molecule has 0 bridgehead atoms. The van der Waals surface area contributed by atoms with Crippen LogP contribution >= 0.6 is 0 Å². The fourth-order valence-electron chi connectivity index (χ4n) is 4.15. The number of amides is 1. The number of nitrogens with one attached hydrogen (secondary N) is 2. The summed E-state index contributed by atoms with van der Waals surface area (Å²) in [6, 6.07) is 9.25. The monoisotopic (exact) mass is 501 g/mol. The first kappa shape index (κ1) is 24.6. The zero-order valence-corrected chi connectivity index (χ0v) is 21.3. The lowest BCUT2D eigenvalue weighted by atomic mass is 10.1. The lowest BCUT2D eigenvalue weighted by Gasteiger charge is -2.22. The summed E-state index contributed by atoms with van der Waals surface area (Å²) in [5.74, 6) is 1.52. The van der Waals surface area contributed by atoms with Crippen molar-refractivity contribution in [1.29, 1.82) is 0 Å². The summed E-state index contributed by atoms with van der Waals surface area (Å²) in [5, 5.41) is 11.5. The number of hydrogen-bond donors (Lipinski definition) is 2. The Kier molecular flexibility index (Phi) is 7.00. The van der Waals surface area contributed by atoms with Crippen LogP contribution in [-0.2, 0) is 9.53 Å². The molecule has 1 aliphatic heterocycles. The highest BCUT2D eigenvalue weighted by atomic mass is 16.5. The second kappa shape index (κ2) is 10.5. The van der Waals surface area contributed by atoms with E-state index in [1.807, 2.05) is 55.9 Å². The van der Waals surface area contributed by atoms with Crippen molar-refractivity contribution in [3.05, 3.63) is 55.1 Å². The van der Waals surface area contributed by atoms with Crippen LogP contribution in [0, 0.1) is 0 Å². The molecule has 192 valence electrons. The second-order valence-corrected chi connectivity index (χ2v) is 10.1.